The summed E-state index contributed by atoms with van der Waals surface area (Å²) in [6.07, 6.45) is 5.89. The molecule has 1 N–H and O–H groups in total. The summed E-state index contributed by atoms with van der Waals surface area (Å²) >= 11 is 0. The van der Waals surface area contributed by atoms with Crippen LogP contribution >= 0.6 is 0 Å². The second-order valence-corrected chi connectivity index (χ2v) is 6.81. The van der Waals surface area contributed by atoms with E-state index in [1.807, 2.05) is 13.8 Å². The zero-order valence-corrected chi connectivity index (χ0v) is 15.0. The van der Waals surface area contributed by atoms with Crippen molar-refractivity contribution in [2.75, 3.05) is 6.61 Å². The zero-order valence-electron chi connectivity index (χ0n) is 15.0. The van der Waals surface area contributed by atoms with Crippen LogP contribution in [0.1, 0.15) is 61.6 Å². The van der Waals surface area contributed by atoms with Crippen LogP contribution in [0.4, 0.5) is 0 Å². The van der Waals surface area contributed by atoms with E-state index in [1.165, 1.54) is 31.2 Å². The molecule has 0 aliphatic carbocycles. The lowest BCUT2D eigenvalue weighted by atomic mass is 10.0. The zero-order chi connectivity index (χ0) is 16.9. The first-order chi connectivity index (χ1) is 11.6. The molecule has 24 heavy (non-hydrogen) atoms. The Labute approximate surface area is 144 Å². The first-order valence-electron chi connectivity index (χ1n) is 9.03. The van der Waals surface area contributed by atoms with Crippen LogP contribution in [-0.4, -0.2) is 17.6 Å². The number of oxazole rings is 1. The monoisotopic (exact) mass is 328 g/mol. The summed E-state index contributed by atoms with van der Waals surface area (Å²) in [5, 5.41) is 3.73. The standard InChI is InChI=1S/C20H28N2O2/c1-14-6-4-5-7-20(21-14)17-8-10-18(11-9-17)23-13-12-19-15(2)24-16(3)22-19/h8-11,14,20-21H,4-7,12-13H2,1-3H3. The van der Waals surface area contributed by atoms with Crippen LogP contribution in [0, 0.1) is 13.8 Å². The first kappa shape index (κ1) is 17.0. The van der Waals surface area contributed by atoms with Crippen molar-refractivity contribution >= 4 is 0 Å². The number of nitrogens with one attached hydrogen (secondary N) is 1. The van der Waals surface area contributed by atoms with Crippen molar-refractivity contribution in [3.8, 4) is 5.75 Å². The third kappa shape index (κ3) is 4.38. The fourth-order valence-corrected chi connectivity index (χ4v) is 3.44. The molecule has 1 aliphatic heterocycles. The summed E-state index contributed by atoms with van der Waals surface area (Å²) in [6, 6.07) is 9.61. The van der Waals surface area contributed by atoms with Gasteiger partial charge in [-0.1, -0.05) is 25.0 Å². The van der Waals surface area contributed by atoms with E-state index in [0.717, 1.165) is 29.5 Å². The van der Waals surface area contributed by atoms with E-state index < -0.39 is 0 Å². The van der Waals surface area contributed by atoms with Gasteiger partial charge in [0, 0.05) is 25.4 Å². The average molecular weight is 328 g/mol. The molecular weight excluding hydrogens is 300 g/mol. The van der Waals surface area contributed by atoms with E-state index in [9.17, 15) is 0 Å². The van der Waals surface area contributed by atoms with Crippen LogP contribution in [0.2, 0.25) is 0 Å². The van der Waals surface area contributed by atoms with Crippen molar-refractivity contribution in [2.24, 2.45) is 0 Å². The van der Waals surface area contributed by atoms with Gasteiger partial charge in [0.25, 0.3) is 0 Å². The lowest BCUT2D eigenvalue weighted by Gasteiger charge is -2.20. The van der Waals surface area contributed by atoms with Crippen molar-refractivity contribution < 1.29 is 9.15 Å². The fourth-order valence-electron chi connectivity index (χ4n) is 3.44. The number of hydrogen-bond acceptors (Lipinski definition) is 4. The molecule has 0 amide bonds. The number of benzene rings is 1. The van der Waals surface area contributed by atoms with Gasteiger partial charge in [-0.15, -0.1) is 0 Å². The number of ether oxygens (including phenoxy) is 1. The van der Waals surface area contributed by atoms with Gasteiger partial charge in [-0.2, -0.15) is 0 Å². The van der Waals surface area contributed by atoms with Gasteiger partial charge < -0.3 is 14.5 Å². The Morgan fingerprint density at radius 2 is 1.92 bits per heavy atom. The molecule has 0 bridgehead atoms. The smallest absolute Gasteiger partial charge is 0.191 e. The molecular formula is C20H28N2O2. The van der Waals surface area contributed by atoms with Crippen LogP contribution in [0.5, 0.6) is 5.75 Å². The topological polar surface area (TPSA) is 47.3 Å². The molecule has 4 nitrogen and oxygen atoms in total. The van der Waals surface area contributed by atoms with Crippen molar-refractivity contribution in [1.82, 2.24) is 10.3 Å². The molecule has 1 aromatic heterocycles. The van der Waals surface area contributed by atoms with E-state index >= 15 is 0 Å². The molecule has 0 radical (unpaired) electrons. The Balaban J connectivity index is 1.53. The minimum absolute atomic E-state index is 0.470. The maximum Gasteiger partial charge on any atom is 0.191 e. The average Bonchev–Trinajstić information content (AvgIpc) is 2.75. The van der Waals surface area contributed by atoms with Crippen LogP contribution in [0.3, 0.4) is 0 Å². The van der Waals surface area contributed by atoms with Gasteiger partial charge in [-0.3, -0.25) is 0 Å². The maximum absolute atomic E-state index is 5.86. The third-order valence-electron chi connectivity index (χ3n) is 4.76. The molecule has 2 unspecified atom stereocenters. The third-order valence-corrected chi connectivity index (χ3v) is 4.76. The molecule has 4 heteroatoms. The Morgan fingerprint density at radius 1 is 1.17 bits per heavy atom. The van der Waals surface area contributed by atoms with Crippen molar-refractivity contribution in [2.45, 2.75) is 65.0 Å². The van der Waals surface area contributed by atoms with Gasteiger partial charge >= 0.3 is 0 Å². The lowest BCUT2D eigenvalue weighted by molar-refractivity contribution is 0.319. The molecule has 1 aliphatic rings. The quantitative estimate of drug-likeness (QED) is 0.877. The van der Waals surface area contributed by atoms with Crippen LogP contribution in [0.15, 0.2) is 28.7 Å². The molecule has 2 atom stereocenters. The largest absolute Gasteiger partial charge is 0.493 e. The van der Waals surface area contributed by atoms with Crippen molar-refractivity contribution in [3.05, 3.63) is 47.2 Å². The summed E-state index contributed by atoms with van der Waals surface area (Å²) in [4.78, 5) is 4.38. The summed E-state index contributed by atoms with van der Waals surface area (Å²) in [5.41, 5.74) is 2.35. The van der Waals surface area contributed by atoms with Gasteiger partial charge in [-0.25, -0.2) is 4.98 Å². The van der Waals surface area contributed by atoms with Gasteiger partial charge in [0.1, 0.15) is 11.5 Å². The highest BCUT2D eigenvalue weighted by Gasteiger charge is 2.17. The highest BCUT2D eigenvalue weighted by Crippen LogP contribution is 2.26. The molecule has 1 saturated heterocycles. The Bertz CT molecular complexity index is 648. The normalized spacial score (nSPS) is 21.5. The summed E-state index contributed by atoms with van der Waals surface area (Å²) in [5.74, 6) is 2.52. The van der Waals surface area contributed by atoms with Crippen LogP contribution in [0.25, 0.3) is 0 Å². The molecule has 2 heterocycles. The van der Waals surface area contributed by atoms with E-state index in [0.29, 0.717) is 18.7 Å². The predicted molar refractivity (Wildman–Crippen MR) is 95.4 cm³/mol. The van der Waals surface area contributed by atoms with Gasteiger partial charge in [0.05, 0.1) is 12.3 Å². The van der Waals surface area contributed by atoms with Gasteiger partial charge in [0.2, 0.25) is 0 Å². The Kier molecular flexibility index (Phi) is 5.56. The first-order valence-corrected chi connectivity index (χ1v) is 9.03. The summed E-state index contributed by atoms with van der Waals surface area (Å²) < 4.78 is 11.3. The molecule has 1 fully saturated rings. The second kappa shape index (κ2) is 7.84. The van der Waals surface area contributed by atoms with E-state index in [4.69, 9.17) is 9.15 Å². The van der Waals surface area contributed by atoms with Crippen molar-refractivity contribution in [1.29, 1.82) is 0 Å². The Hall–Kier alpha value is -1.81. The van der Waals surface area contributed by atoms with E-state index in [-0.39, 0.29) is 0 Å². The summed E-state index contributed by atoms with van der Waals surface area (Å²) in [7, 11) is 0. The number of nitrogens with zero attached hydrogens (tertiary/aromatic N) is 1. The lowest BCUT2D eigenvalue weighted by Crippen LogP contribution is -2.28. The number of rotatable bonds is 5. The SMILES string of the molecule is Cc1nc(CCOc2ccc(C3CCCCC(C)N3)cc2)c(C)o1. The van der Waals surface area contributed by atoms with E-state index in [1.54, 1.807) is 0 Å². The minimum atomic E-state index is 0.470. The predicted octanol–water partition coefficient (Wildman–Crippen LogP) is 4.51. The molecule has 0 spiro atoms. The van der Waals surface area contributed by atoms with Crippen molar-refractivity contribution in [3.63, 3.8) is 0 Å². The number of aromatic nitrogens is 1. The highest BCUT2D eigenvalue weighted by molar-refractivity contribution is 5.29. The molecule has 1 aromatic carbocycles. The fraction of sp³-hybridized carbons (Fsp3) is 0.550. The number of aryl methyl sites for hydroxylation is 2. The highest BCUT2D eigenvalue weighted by atomic mass is 16.5. The molecule has 0 saturated carbocycles. The number of hydrogen-bond donors (Lipinski definition) is 1. The molecule has 2 aromatic rings. The second-order valence-electron chi connectivity index (χ2n) is 6.81. The van der Waals surface area contributed by atoms with Crippen LogP contribution < -0.4 is 10.1 Å². The maximum atomic E-state index is 5.86. The van der Waals surface area contributed by atoms with Gasteiger partial charge in [-0.05, 0) is 44.4 Å². The van der Waals surface area contributed by atoms with Gasteiger partial charge in [0.15, 0.2) is 5.89 Å². The van der Waals surface area contributed by atoms with Crippen LogP contribution in [-0.2, 0) is 6.42 Å². The molecule has 130 valence electrons. The summed E-state index contributed by atoms with van der Waals surface area (Å²) in [6.45, 7) is 6.72. The Morgan fingerprint density at radius 3 is 2.62 bits per heavy atom. The minimum Gasteiger partial charge on any atom is -0.493 e. The van der Waals surface area contributed by atoms with E-state index in [2.05, 4.69) is 41.5 Å². The molecule has 3 rings (SSSR count).